The molecule has 0 aliphatic rings. The van der Waals surface area contributed by atoms with Gasteiger partial charge in [0.15, 0.2) is 0 Å². The molecule has 0 spiro atoms. The highest BCUT2D eigenvalue weighted by atomic mass is 16.1. The molecule has 0 amide bonds. The minimum Gasteiger partial charge on any atom is -0.154 e. The molecule has 4 heteroatoms. The van der Waals surface area contributed by atoms with Crippen molar-refractivity contribution in [1.29, 1.82) is 0 Å². The summed E-state index contributed by atoms with van der Waals surface area (Å²) in [6, 6.07) is 8.78. The fraction of sp³-hybridized carbons (Fsp3) is 0.111. The minimum absolute atomic E-state index is 0.661. The molecule has 0 aliphatic carbocycles. The first kappa shape index (κ1) is 9.07. The molecule has 62 valence electrons. The SMILES string of the molecule is O=C=[N+]C([N+]=C=O)c1ccccc1. The van der Waals surface area contributed by atoms with E-state index in [9.17, 15) is 9.59 Å². The molecule has 1 rings (SSSR count). The molecule has 0 heterocycles. The van der Waals surface area contributed by atoms with E-state index < -0.39 is 6.17 Å². The lowest BCUT2D eigenvalue weighted by molar-refractivity contribution is 0.531. The monoisotopic (exact) mass is 174 g/mol. The van der Waals surface area contributed by atoms with Crippen LogP contribution in [0.1, 0.15) is 11.7 Å². The predicted molar refractivity (Wildman–Crippen MR) is 44.8 cm³/mol. The van der Waals surface area contributed by atoms with E-state index in [1.807, 2.05) is 6.07 Å². The zero-order chi connectivity index (χ0) is 9.52. The van der Waals surface area contributed by atoms with Crippen LogP contribution in [-0.4, -0.2) is 12.2 Å². The van der Waals surface area contributed by atoms with Gasteiger partial charge in [0.1, 0.15) is 5.56 Å². The van der Waals surface area contributed by atoms with Gasteiger partial charge in [0, 0.05) is 0 Å². The molecule has 2 radical (unpaired) electrons. The Morgan fingerprint density at radius 1 is 1.00 bits per heavy atom. The third-order valence-corrected chi connectivity index (χ3v) is 1.45. The highest BCUT2D eigenvalue weighted by Gasteiger charge is 2.31. The molecule has 1 aromatic carbocycles. The fourth-order valence-corrected chi connectivity index (χ4v) is 0.903. The van der Waals surface area contributed by atoms with Gasteiger partial charge in [-0.2, -0.15) is 9.59 Å². The Balaban J connectivity index is 3.01. The van der Waals surface area contributed by atoms with Gasteiger partial charge >= 0.3 is 18.3 Å². The van der Waals surface area contributed by atoms with Crippen LogP contribution in [0.3, 0.4) is 0 Å². The fourth-order valence-electron chi connectivity index (χ4n) is 0.903. The van der Waals surface area contributed by atoms with Crippen molar-refractivity contribution in [3.63, 3.8) is 0 Å². The van der Waals surface area contributed by atoms with Crippen LogP contribution in [0.2, 0.25) is 0 Å². The molecule has 0 fully saturated rings. The molecule has 13 heavy (non-hydrogen) atoms. The normalized spacial score (nSPS) is 10.8. The standard InChI is InChI=1S/C9H6N2O2/c12-6-10-9(11-7-13)8-4-2-1-3-5-8/h1-5,9H/q+2. The van der Waals surface area contributed by atoms with Gasteiger partial charge in [-0.3, -0.25) is 0 Å². The van der Waals surface area contributed by atoms with E-state index in [0.717, 1.165) is 0 Å². The van der Waals surface area contributed by atoms with E-state index in [-0.39, 0.29) is 0 Å². The maximum Gasteiger partial charge on any atom is 0.517 e. The van der Waals surface area contributed by atoms with Crippen LogP contribution in [-0.2, 0) is 9.59 Å². The number of hydrogen-bond acceptors (Lipinski definition) is 4. The maximum absolute atomic E-state index is 9.98. The Kier molecular flexibility index (Phi) is 3.33. The molecule has 0 saturated heterocycles. The molecule has 0 atom stereocenters. The number of isocyanates is 2. The summed E-state index contributed by atoms with van der Waals surface area (Å²) in [5.74, 6) is 0. The number of aliphatic imine (C=N–C) groups is 2. The Hall–Kier alpha value is -2.02. The molecule has 1 aromatic rings. The minimum atomic E-state index is -0.809. The third-order valence-electron chi connectivity index (χ3n) is 1.45. The molecule has 0 aromatic heterocycles. The van der Waals surface area contributed by atoms with Crippen molar-refractivity contribution in [2.24, 2.45) is 0 Å². The van der Waals surface area contributed by atoms with Gasteiger partial charge < -0.3 is 0 Å². The van der Waals surface area contributed by atoms with Crippen molar-refractivity contribution < 1.29 is 9.59 Å². The van der Waals surface area contributed by atoms with E-state index in [2.05, 4.69) is 9.98 Å². The zero-order valence-corrected chi connectivity index (χ0v) is 6.68. The largest absolute Gasteiger partial charge is 0.517 e. The Labute approximate surface area is 74.6 Å². The summed E-state index contributed by atoms with van der Waals surface area (Å²) < 4.78 is 0. The summed E-state index contributed by atoms with van der Waals surface area (Å²) in [5, 5.41) is 0. The van der Waals surface area contributed by atoms with Crippen molar-refractivity contribution in [2.75, 3.05) is 0 Å². The Morgan fingerprint density at radius 2 is 1.54 bits per heavy atom. The number of carbonyl (C=O) groups excluding carboxylic acids is 2. The van der Waals surface area contributed by atoms with Crippen LogP contribution >= 0.6 is 0 Å². The summed E-state index contributed by atoms with van der Waals surface area (Å²) in [5.41, 5.74) is 0.661. The van der Waals surface area contributed by atoms with E-state index >= 15 is 0 Å². The first-order chi connectivity index (χ1) is 6.38. The van der Waals surface area contributed by atoms with Gasteiger partial charge in [-0.15, -0.1) is 0 Å². The van der Waals surface area contributed by atoms with E-state index in [1.165, 1.54) is 12.2 Å². The number of nitrogens with zero attached hydrogens (tertiary/aromatic N) is 2. The lowest BCUT2D eigenvalue weighted by Gasteiger charge is -1.84. The molecule has 0 bridgehead atoms. The van der Waals surface area contributed by atoms with Crippen LogP contribution in [0.5, 0.6) is 0 Å². The third kappa shape index (κ3) is 2.49. The van der Waals surface area contributed by atoms with Crippen molar-refractivity contribution in [2.45, 2.75) is 6.17 Å². The second kappa shape index (κ2) is 4.78. The highest BCUT2D eigenvalue weighted by Crippen LogP contribution is 2.07. The van der Waals surface area contributed by atoms with Crippen molar-refractivity contribution >= 4 is 12.2 Å². The molecule has 4 nitrogen and oxygen atoms in total. The average Bonchev–Trinajstić information content (AvgIpc) is 2.19. The summed E-state index contributed by atoms with van der Waals surface area (Å²) in [6.07, 6.45) is 1.90. The average molecular weight is 174 g/mol. The summed E-state index contributed by atoms with van der Waals surface area (Å²) in [4.78, 5) is 26.7. The zero-order valence-electron chi connectivity index (χ0n) is 6.68. The Morgan fingerprint density at radius 3 is 2.00 bits per heavy atom. The summed E-state index contributed by atoms with van der Waals surface area (Å²) in [7, 11) is 0. The predicted octanol–water partition coefficient (Wildman–Crippen LogP) is 0.0284. The smallest absolute Gasteiger partial charge is 0.154 e. The maximum atomic E-state index is 9.98. The van der Waals surface area contributed by atoms with Crippen molar-refractivity contribution in [3.05, 3.63) is 35.9 Å². The van der Waals surface area contributed by atoms with Crippen LogP contribution in [0.4, 0.5) is 0 Å². The van der Waals surface area contributed by atoms with Gasteiger partial charge in [-0.05, 0) is 12.1 Å². The highest BCUT2D eigenvalue weighted by molar-refractivity contribution is 5.36. The van der Waals surface area contributed by atoms with Gasteiger partial charge in [-0.25, -0.2) is 0 Å². The topological polar surface area (TPSA) is 62.3 Å². The van der Waals surface area contributed by atoms with Gasteiger partial charge in [0.2, 0.25) is 9.98 Å². The second-order valence-corrected chi connectivity index (χ2v) is 2.23. The Bertz CT molecular complexity index is 344. The number of rotatable bonds is 3. The number of hydrogen-bond donors (Lipinski definition) is 0. The summed E-state index contributed by atoms with van der Waals surface area (Å²) >= 11 is 0. The lowest BCUT2D eigenvalue weighted by atomic mass is 10.2. The second-order valence-electron chi connectivity index (χ2n) is 2.23. The van der Waals surface area contributed by atoms with E-state index in [0.29, 0.717) is 5.56 Å². The van der Waals surface area contributed by atoms with Gasteiger partial charge in [0.05, 0.1) is 0 Å². The van der Waals surface area contributed by atoms with Crippen LogP contribution in [0.25, 0.3) is 0 Å². The van der Waals surface area contributed by atoms with Gasteiger partial charge in [0.25, 0.3) is 0 Å². The lowest BCUT2D eigenvalue weighted by Crippen LogP contribution is -2.09. The van der Waals surface area contributed by atoms with Crippen molar-refractivity contribution in [1.82, 2.24) is 9.98 Å². The van der Waals surface area contributed by atoms with Gasteiger partial charge in [-0.1, -0.05) is 18.2 Å². The van der Waals surface area contributed by atoms with Crippen LogP contribution in [0, 0.1) is 0 Å². The first-order valence-electron chi connectivity index (χ1n) is 3.57. The summed E-state index contributed by atoms with van der Waals surface area (Å²) in [6.45, 7) is 0. The molecule has 0 N–H and O–H groups in total. The molecular weight excluding hydrogens is 168 g/mol. The quantitative estimate of drug-likeness (QED) is 0.479. The van der Waals surface area contributed by atoms with E-state index in [4.69, 9.17) is 0 Å². The first-order valence-corrected chi connectivity index (χ1v) is 3.57. The molecule has 0 aliphatic heterocycles. The molecule has 0 saturated carbocycles. The van der Waals surface area contributed by atoms with E-state index in [1.54, 1.807) is 24.3 Å². The number of benzene rings is 1. The van der Waals surface area contributed by atoms with Crippen LogP contribution in [0.15, 0.2) is 30.3 Å². The van der Waals surface area contributed by atoms with Crippen molar-refractivity contribution in [3.8, 4) is 0 Å². The molecular formula is C9H6N2O2+2. The van der Waals surface area contributed by atoms with Crippen LogP contribution < -0.4 is 9.98 Å². The molecule has 0 unspecified atom stereocenters.